The molecule has 11 nitrogen and oxygen atoms in total. The first-order chi connectivity index (χ1) is 25.1. The first-order valence-electron chi connectivity index (χ1n) is 17.7. The van der Waals surface area contributed by atoms with E-state index in [4.69, 9.17) is 9.47 Å². The van der Waals surface area contributed by atoms with Crippen LogP contribution in [0.25, 0.3) is 0 Å². The highest BCUT2D eigenvalue weighted by Gasteiger charge is 2.66. The number of hydrogen-bond acceptors (Lipinski definition) is 8. The van der Waals surface area contributed by atoms with E-state index in [-0.39, 0.29) is 36.5 Å². The van der Waals surface area contributed by atoms with Crippen LogP contribution in [0.2, 0.25) is 18.6 Å². The Labute approximate surface area is 303 Å². The standard InChI is InChI=1S/C40H41N5O6Si/c1-26-38(52(2,3)49)36(20-21-43-23-32(41-42-43)30(24-46)27-12-6-4-7-13-27)51-40(26)31-22-29(44-34-16-10-11-17-35(34)50-25-37(44)47)18-19-33(31)45(39(40)48)28-14-8-5-9-15-28/h4-19,22-23,26,30,36,38,46,49H,20-21,24-25H2,1-3H3/t26-,30?,36+,38-,40+/m0/s1. The van der Waals surface area contributed by atoms with Crippen molar-refractivity contribution >= 4 is 42.9 Å². The highest BCUT2D eigenvalue weighted by atomic mass is 28.4. The van der Waals surface area contributed by atoms with Gasteiger partial charge in [-0.25, -0.2) is 0 Å². The van der Waals surface area contributed by atoms with E-state index in [0.717, 1.165) is 5.56 Å². The van der Waals surface area contributed by atoms with Crippen LogP contribution in [-0.4, -0.2) is 64.3 Å². The summed E-state index contributed by atoms with van der Waals surface area (Å²) in [5, 5.41) is 19.0. The third-order valence-corrected chi connectivity index (χ3v) is 13.3. The zero-order valence-corrected chi connectivity index (χ0v) is 30.3. The molecule has 4 heterocycles. The van der Waals surface area contributed by atoms with Gasteiger partial charge in [-0.15, -0.1) is 5.10 Å². The number of carbonyl (C=O) groups excluding carboxylic acids is 2. The maximum absolute atomic E-state index is 15.1. The van der Waals surface area contributed by atoms with Gasteiger partial charge in [0.05, 0.1) is 35.7 Å². The highest BCUT2D eigenvalue weighted by molar-refractivity contribution is 6.71. The Balaban J connectivity index is 1.18. The summed E-state index contributed by atoms with van der Waals surface area (Å²) in [7, 11) is -2.96. The SMILES string of the molecule is C[C@H]1[C@H]([Si](C)(C)O)[C@@H](CCn2cc(C(CO)c3ccccc3)nn2)O[C@]12C(=O)N(c1ccccc1)c1ccc(N3C(=O)COc4ccccc43)cc12. The molecule has 1 unspecified atom stereocenters. The smallest absolute Gasteiger partial charge is 0.269 e. The Hall–Kier alpha value is -5.14. The van der Waals surface area contributed by atoms with Crippen LogP contribution in [0.5, 0.6) is 5.75 Å². The molecule has 52 heavy (non-hydrogen) atoms. The maximum atomic E-state index is 15.1. The summed E-state index contributed by atoms with van der Waals surface area (Å²) in [6, 6.07) is 32.2. The van der Waals surface area contributed by atoms with E-state index in [9.17, 15) is 14.7 Å². The summed E-state index contributed by atoms with van der Waals surface area (Å²) in [4.78, 5) is 43.7. The van der Waals surface area contributed by atoms with Crippen LogP contribution >= 0.6 is 0 Å². The number of anilines is 4. The Bertz CT molecular complexity index is 2120. The quantitative estimate of drug-likeness (QED) is 0.177. The van der Waals surface area contributed by atoms with Gasteiger partial charge in [-0.05, 0) is 67.5 Å². The van der Waals surface area contributed by atoms with Crippen molar-refractivity contribution in [3.05, 3.63) is 126 Å². The van der Waals surface area contributed by atoms with E-state index in [1.807, 2.05) is 129 Å². The van der Waals surface area contributed by atoms with Crippen molar-refractivity contribution in [1.82, 2.24) is 15.0 Å². The van der Waals surface area contributed by atoms with E-state index in [1.54, 1.807) is 14.5 Å². The number of hydrogen-bond donors (Lipinski definition) is 2. The Morgan fingerprint density at radius 1 is 0.904 bits per heavy atom. The summed E-state index contributed by atoms with van der Waals surface area (Å²) >= 11 is 0. The van der Waals surface area contributed by atoms with Gasteiger partial charge in [-0.2, -0.15) is 0 Å². The van der Waals surface area contributed by atoms with E-state index >= 15 is 4.79 Å². The van der Waals surface area contributed by atoms with Crippen LogP contribution in [0.4, 0.5) is 22.7 Å². The van der Waals surface area contributed by atoms with Crippen LogP contribution in [0.1, 0.15) is 36.1 Å². The number of ether oxygens (including phenoxy) is 2. The zero-order chi connectivity index (χ0) is 36.2. The number of benzene rings is 4. The van der Waals surface area contributed by atoms with Crippen LogP contribution in [-0.2, 0) is 26.5 Å². The van der Waals surface area contributed by atoms with Gasteiger partial charge >= 0.3 is 0 Å². The number of nitrogens with zero attached hydrogens (tertiary/aromatic N) is 5. The average Bonchev–Trinajstić information content (AvgIpc) is 3.81. The second kappa shape index (κ2) is 13.1. The topological polar surface area (TPSA) is 130 Å². The molecule has 2 amide bonds. The number of para-hydroxylation sites is 3. The molecule has 8 rings (SSSR count). The lowest BCUT2D eigenvalue weighted by Crippen LogP contribution is -2.45. The lowest BCUT2D eigenvalue weighted by molar-refractivity contribution is -0.145. The third-order valence-electron chi connectivity index (χ3n) is 10.8. The lowest BCUT2D eigenvalue weighted by atomic mass is 9.82. The van der Waals surface area contributed by atoms with Crippen LogP contribution in [0.3, 0.4) is 0 Å². The number of rotatable bonds is 9. The molecule has 4 aromatic carbocycles. The molecule has 12 heteroatoms. The number of aliphatic hydroxyl groups excluding tert-OH is 1. The van der Waals surface area contributed by atoms with Gasteiger partial charge in [0.2, 0.25) is 0 Å². The normalized spacial score (nSPS) is 23.1. The van der Waals surface area contributed by atoms with Gasteiger partial charge in [0.1, 0.15) is 5.75 Å². The molecule has 1 fully saturated rings. The second-order valence-corrected chi connectivity index (χ2v) is 18.3. The molecule has 5 atom stereocenters. The molecule has 1 aromatic heterocycles. The van der Waals surface area contributed by atoms with Crippen molar-refractivity contribution in [2.24, 2.45) is 5.92 Å². The summed E-state index contributed by atoms with van der Waals surface area (Å²) < 4.78 is 14.6. The first kappa shape index (κ1) is 34.0. The molecule has 1 spiro atoms. The molecular formula is C40H41N5O6Si. The van der Waals surface area contributed by atoms with Crippen molar-refractivity contribution in [2.45, 2.75) is 56.1 Å². The molecule has 1 saturated heterocycles. The van der Waals surface area contributed by atoms with E-state index in [2.05, 4.69) is 10.3 Å². The van der Waals surface area contributed by atoms with E-state index in [1.165, 1.54) is 0 Å². The van der Waals surface area contributed by atoms with Gasteiger partial charge in [-0.3, -0.25) is 24.1 Å². The molecule has 2 N–H and O–H groups in total. The molecule has 0 aliphatic carbocycles. The molecular weight excluding hydrogens is 675 g/mol. The first-order valence-corrected chi connectivity index (χ1v) is 20.7. The predicted molar refractivity (Wildman–Crippen MR) is 198 cm³/mol. The second-order valence-electron chi connectivity index (χ2n) is 14.4. The number of amides is 2. The fourth-order valence-corrected chi connectivity index (χ4v) is 11.1. The molecule has 3 aliphatic rings. The monoisotopic (exact) mass is 715 g/mol. The molecule has 0 radical (unpaired) electrons. The van der Waals surface area contributed by atoms with Crippen molar-refractivity contribution in [3.63, 3.8) is 0 Å². The van der Waals surface area contributed by atoms with Crippen LogP contribution < -0.4 is 14.5 Å². The predicted octanol–water partition coefficient (Wildman–Crippen LogP) is 6.03. The van der Waals surface area contributed by atoms with Gasteiger partial charge in [-0.1, -0.05) is 72.8 Å². The van der Waals surface area contributed by atoms with E-state index in [0.29, 0.717) is 52.7 Å². The summed E-state index contributed by atoms with van der Waals surface area (Å²) in [5.41, 5.74) is 3.13. The van der Waals surface area contributed by atoms with Crippen molar-refractivity contribution in [1.29, 1.82) is 0 Å². The molecule has 3 aliphatic heterocycles. The van der Waals surface area contributed by atoms with Crippen molar-refractivity contribution in [2.75, 3.05) is 23.0 Å². The largest absolute Gasteiger partial charge is 0.482 e. The van der Waals surface area contributed by atoms with Crippen LogP contribution in [0.15, 0.2) is 109 Å². The number of aryl methyl sites for hydroxylation is 1. The summed E-state index contributed by atoms with van der Waals surface area (Å²) in [5.74, 6) is -0.568. The van der Waals surface area contributed by atoms with Gasteiger partial charge < -0.3 is 19.4 Å². The minimum Gasteiger partial charge on any atom is -0.482 e. The maximum Gasteiger partial charge on any atom is 0.269 e. The zero-order valence-electron chi connectivity index (χ0n) is 29.3. The fourth-order valence-electron chi connectivity index (χ4n) is 8.52. The van der Waals surface area contributed by atoms with Crippen LogP contribution in [0, 0.1) is 5.92 Å². The molecule has 0 bridgehead atoms. The van der Waals surface area contributed by atoms with Gasteiger partial charge in [0.15, 0.2) is 20.5 Å². The Kier molecular flexibility index (Phi) is 8.57. The van der Waals surface area contributed by atoms with E-state index < -0.39 is 25.9 Å². The number of carbonyl (C=O) groups is 2. The highest BCUT2D eigenvalue weighted by Crippen LogP contribution is 2.61. The Morgan fingerprint density at radius 3 is 2.35 bits per heavy atom. The number of aromatic nitrogens is 3. The summed E-state index contributed by atoms with van der Waals surface area (Å²) in [6.45, 7) is 6.02. The molecule has 266 valence electrons. The molecule has 0 saturated carbocycles. The minimum atomic E-state index is -2.96. The lowest BCUT2D eigenvalue weighted by Gasteiger charge is -2.33. The van der Waals surface area contributed by atoms with Gasteiger partial charge in [0, 0.05) is 41.1 Å². The number of aliphatic hydroxyl groups is 1. The van der Waals surface area contributed by atoms with Crippen molar-refractivity contribution < 1.29 is 29.0 Å². The van der Waals surface area contributed by atoms with Gasteiger partial charge in [0.25, 0.3) is 11.8 Å². The minimum absolute atomic E-state index is 0.107. The Morgan fingerprint density at radius 2 is 1.62 bits per heavy atom. The average molecular weight is 716 g/mol. The molecule has 5 aromatic rings. The third kappa shape index (κ3) is 5.53. The number of fused-ring (bicyclic) bond motifs is 3. The fraction of sp³-hybridized carbons (Fsp3) is 0.300. The van der Waals surface area contributed by atoms with Crippen molar-refractivity contribution in [3.8, 4) is 5.75 Å². The summed E-state index contributed by atoms with van der Waals surface area (Å²) in [6.07, 6.45) is 1.82.